The first-order valence-electron chi connectivity index (χ1n) is 6.20. The fourth-order valence-corrected chi connectivity index (χ4v) is 3.53. The maximum absolute atomic E-state index is 10.7. The summed E-state index contributed by atoms with van der Waals surface area (Å²) in [4.78, 5) is 16.6. The zero-order valence-electron chi connectivity index (χ0n) is 11.3. The molecule has 1 aromatic carbocycles. The van der Waals surface area contributed by atoms with Crippen LogP contribution in [0.5, 0.6) is 5.75 Å². The minimum Gasteiger partial charge on any atom is -0.495 e. The van der Waals surface area contributed by atoms with Crippen molar-refractivity contribution < 1.29 is 14.6 Å². The molecule has 3 rings (SSSR count). The number of fused-ring (bicyclic) bond motifs is 1. The third-order valence-electron chi connectivity index (χ3n) is 3.05. The number of methoxy groups -OCH3 is 1. The molecule has 2 aromatic heterocycles. The van der Waals surface area contributed by atoms with Gasteiger partial charge in [0.25, 0.3) is 0 Å². The van der Waals surface area contributed by atoms with Gasteiger partial charge in [-0.25, -0.2) is 4.98 Å². The van der Waals surface area contributed by atoms with Crippen LogP contribution in [0.1, 0.15) is 4.88 Å². The molecule has 0 spiro atoms. The molecule has 0 fully saturated rings. The number of hydrogen-bond donors (Lipinski definition) is 1. The number of halogens is 2. The minimum absolute atomic E-state index is 0.0154. The van der Waals surface area contributed by atoms with Crippen molar-refractivity contribution in [2.24, 2.45) is 0 Å². The molecule has 8 heteroatoms. The third-order valence-corrected chi connectivity index (χ3v) is 4.65. The van der Waals surface area contributed by atoms with Crippen LogP contribution in [0, 0.1) is 0 Å². The highest BCUT2D eigenvalue weighted by Crippen LogP contribution is 2.36. The molecule has 3 aromatic rings. The van der Waals surface area contributed by atoms with E-state index in [9.17, 15) is 4.79 Å². The average molecular weight is 357 g/mol. The van der Waals surface area contributed by atoms with Gasteiger partial charge >= 0.3 is 5.97 Å². The van der Waals surface area contributed by atoms with Gasteiger partial charge in [-0.3, -0.25) is 9.20 Å². The number of carbonyl (C=O) groups is 1. The number of aromatic nitrogens is 2. The fraction of sp³-hybridized carbons (Fsp3) is 0.143. The van der Waals surface area contributed by atoms with Crippen LogP contribution < -0.4 is 4.74 Å². The van der Waals surface area contributed by atoms with Gasteiger partial charge in [0, 0.05) is 28.9 Å². The highest BCUT2D eigenvalue weighted by Gasteiger charge is 2.14. The van der Waals surface area contributed by atoms with Crippen LogP contribution in [0.15, 0.2) is 24.5 Å². The Hall–Kier alpha value is -1.76. The predicted molar refractivity (Wildman–Crippen MR) is 86.4 cm³/mol. The number of carboxylic acid groups (broad SMARTS) is 1. The second-order valence-corrected chi connectivity index (χ2v) is 6.46. The number of ether oxygens (including phenoxy) is 1. The van der Waals surface area contributed by atoms with Crippen LogP contribution >= 0.6 is 34.5 Å². The Morgan fingerprint density at radius 2 is 2.14 bits per heavy atom. The summed E-state index contributed by atoms with van der Waals surface area (Å²) in [7, 11) is 1.52. The van der Waals surface area contributed by atoms with E-state index in [1.54, 1.807) is 28.9 Å². The smallest absolute Gasteiger partial charge is 0.308 e. The third kappa shape index (κ3) is 2.77. The summed E-state index contributed by atoms with van der Waals surface area (Å²) >= 11 is 13.7. The number of rotatable bonds is 4. The van der Waals surface area contributed by atoms with Gasteiger partial charge in [-0.1, -0.05) is 23.2 Å². The molecule has 0 bridgehead atoms. The number of nitrogens with zero attached hydrogens (tertiary/aromatic N) is 2. The van der Waals surface area contributed by atoms with E-state index in [-0.39, 0.29) is 6.42 Å². The molecule has 0 aliphatic rings. The SMILES string of the molecule is COc1cc(Cl)c(-c2cn3cc(CC(=O)O)sc3n2)cc1Cl. The number of aliphatic carboxylic acids is 1. The Morgan fingerprint density at radius 1 is 1.36 bits per heavy atom. The van der Waals surface area contributed by atoms with Crippen molar-refractivity contribution in [2.45, 2.75) is 6.42 Å². The first kappa shape index (κ1) is 15.1. The maximum atomic E-state index is 10.7. The Bertz CT molecular complexity index is 841. The summed E-state index contributed by atoms with van der Waals surface area (Å²) < 4.78 is 6.90. The fourth-order valence-electron chi connectivity index (χ4n) is 2.09. The molecule has 2 heterocycles. The molecule has 0 radical (unpaired) electrons. The zero-order chi connectivity index (χ0) is 15.9. The van der Waals surface area contributed by atoms with E-state index >= 15 is 0 Å². The molecule has 0 aliphatic heterocycles. The molecule has 0 saturated carbocycles. The lowest BCUT2D eigenvalue weighted by atomic mass is 10.1. The molecule has 0 amide bonds. The lowest BCUT2D eigenvalue weighted by Crippen LogP contribution is -1.97. The minimum atomic E-state index is -0.866. The highest BCUT2D eigenvalue weighted by atomic mass is 35.5. The van der Waals surface area contributed by atoms with Gasteiger partial charge < -0.3 is 9.84 Å². The number of imidazole rings is 1. The summed E-state index contributed by atoms with van der Waals surface area (Å²) in [6.45, 7) is 0. The van der Waals surface area contributed by atoms with Crippen molar-refractivity contribution >= 4 is 45.5 Å². The predicted octanol–water partition coefficient (Wildman–Crippen LogP) is 4.01. The van der Waals surface area contributed by atoms with E-state index in [1.807, 2.05) is 0 Å². The lowest BCUT2D eigenvalue weighted by molar-refractivity contribution is -0.136. The van der Waals surface area contributed by atoms with Crippen molar-refractivity contribution in [1.29, 1.82) is 0 Å². The highest BCUT2D eigenvalue weighted by molar-refractivity contribution is 7.17. The van der Waals surface area contributed by atoms with Gasteiger partial charge in [0.05, 0.1) is 29.3 Å². The van der Waals surface area contributed by atoms with Gasteiger partial charge in [0.1, 0.15) is 5.75 Å². The lowest BCUT2D eigenvalue weighted by Gasteiger charge is -2.06. The van der Waals surface area contributed by atoms with Gasteiger partial charge in [-0.05, 0) is 6.07 Å². The maximum Gasteiger partial charge on any atom is 0.308 e. The second-order valence-electron chi connectivity index (χ2n) is 4.55. The van der Waals surface area contributed by atoms with Crippen LogP contribution in [0.2, 0.25) is 10.0 Å². The van der Waals surface area contributed by atoms with E-state index < -0.39 is 5.97 Å². The number of hydrogen-bond acceptors (Lipinski definition) is 4. The van der Waals surface area contributed by atoms with Gasteiger partial charge in [0.2, 0.25) is 0 Å². The Morgan fingerprint density at radius 3 is 2.77 bits per heavy atom. The van der Waals surface area contributed by atoms with Crippen molar-refractivity contribution in [3.05, 3.63) is 39.4 Å². The van der Waals surface area contributed by atoms with Crippen molar-refractivity contribution in [1.82, 2.24) is 9.38 Å². The van der Waals surface area contributed by atoms with Crippen LogP contribution in [0.3, 0.4) is 0 Å². The van der Waals surface area contributed by atoms with Crippen LogP contribution in [-0.2, 0) is 11.2 Å². The largest absolute Gasteiger partial charge is 0.495 e. The van der Waals surface area contributed by atoms with Crippen LogP contribution in [0.25, 0.3) is 16.2 Å². The van der Waals surface area contributed by atoms with Crippen molar-refractivity contribution in [3.8, 4) is 17.0 Å². The van der Waals surface area contributed by atoms with Crippen molar-refractivity contribution in [3.63, 3.8) is 0 Å². The summed E-state index contributed by atoms with van der Waals surface area (Å²) in [6, 6.07) is 3.34. The first-order chi connectivity index (χ1) is 10.5. The molecule has 5 nitrogen and oxygen atoms in total. The van der Waals surface area contributed by atoms with Crippen LogP contribution in [0.4, 0.5) is 0 Å². The first-order valence-corrected chi connectivity index (χ1v) is 7.78. The van der Waals surface area contributed by atoms with Crippen LogP contribution in [-0.4, -0.2) is 27.6 Å². The molecule has 1 N–H and O–H groups in total. The summed E-state index contributed by atoms with van der Waals surface area (Å²) in [6.07, 6.45) is 3.53. The number of thiazole rings is 1. The van der Waals surface area contributed by atoms with Gasteiger partial charge in [-0.2, -0.15) is 0 Å². The number of benzene rings is 1. The molecular weight excluding hydrogens is 347 g/mol. The molecule has 0 unspecified atom stereocenters. The van der Waals surface area contributed by atoms with E-state index in [2.05, 4.69) is 4.98 Å². The second kappa shape index (κ2) is 5.79. The van der Waals surface area contributed by atoms with Gasteiger partial charge in [0.15, 0.2) is 4.96 Å². The quantitative estimate of drug-likeness (QED) is 0.767. The Kier molecular flexibility index (Phi) is 3.99. The average Bonchev–Trinajstić information content (AvgIpc) is 2.98. The standard InChI is InChI=1S/C14H10Cl2N2O3S/c1-21-12-4-9(15)8(3-10(12)16)11-6-18-5-7(2-13(19)20)22-14(18)17-11/h3-6H,2H2,1H3,(H,19,20). The van der Waals surface area contributed by atoms with E-state index in [0.29, 0.717) is 32.0 Å². The normalized spacial score (nSPS) is 11.0. The topological polar surface area (TPSA) is 63.8 Å². The molecule has 0 saturated heterocycles. The molecule has 114 valence electrons. The Labute approximate surface area is 139 Å². The monoisotopic (exact) mass is 356 g/mol. The van der Waals surface area contributed by atoms with E-state index in [1.165, 1.54) is 18.4 Å². The number of carboxylic acids is 1. The molecule has 0 aliphatic carbocycles. The van der Waals surface area contributed by atoms with E-state index in [0.717, 1.165) is 4.88 Å². The van der Waals surface area contributed by atoms with E-state index in [4.69, 9.17) is 33.0 Å². The zero-order valence-corrected chi connectivity index (χ0v) is 13.7. The van der Waals surface area contributed by atoms with Crippen molar-refractivity contribution in [2.75, 3.05) is 7.11 Å². The molecular formula is C14H10Cl2N2O3S. The van der Waals surface area contributed by atoms with Gasteiger partial charge in [-0.15, -0.1) is 11.3 Å². The summed E-state index contributed by atoms with van der Waals surface area (Å²) in [5.41, 5.74) is 1.37. The summed E-state index contributed by atoms with van der Waals surface area (Å²) in [5.74, 6) is -0.366. The molecule has 22 heavy (non-hydrogen) atoms. The summed E-state index contributed by atoms with van der Waals surface area (Å²) in [5, 5.41) is 9.74. The Balaban J connectivity index is 2.02. The molecule has 0 atom stereocenters.